The first-order valence-corrected chi connectivity index (χ1v) is 16.5. The van der Waals surface area contributed by atoms with E-state index in [-0.39, 0.29) is 41.4 Å². The number of piperidine rings is 1. The smallest absolute Gasteiger partial charge is 0.343 e. The minimum absolute atomic E-state index is 0.0102. The molecule has 0 radical (unpaired) electrons. The maximum absolute atomic E-state index is 14.0. The maximum Gasteiger partial charge on any atom is 0.343 e. The van der Waals surface area contributed by atoms with Crippen LogP contribution in [0.3, 0.4) is 0 Å². The monoisotopic (exact) mass is 655 g/mol. The van der Waals surface area contributed by atoms with Gasteiger partial charge in [0.05, 0.1) is 16.7 Å². The molecule has 1 saturated heterocycles. The second-order valence-electron chi connectivity index (χ2n) is 13.5. The van der Waals surface area contributed by atoms with Gasteiger partial charge in [-0.15, -0.1) is 0 Å². The number of hydrogen-bond acceptors (Lipinski definition) is 8. The first-order valence-electron chi connectivity index (χ1n) is 16.5. The molecule has 0 aromatic heterocycles. The van der Waals surface area contributed by atoms with Crippen molar-refractivity contribution in [2.24, 2.45) is 5.92 Å². The lowest BCUT2D eigenvalue weighted by molar-refractivity contribution is -0.122. The van der Waals surface area contributed by atoms with E-state index in [0.29, 0.717) is 41.6 Å². The highest BCUT2D eigenvalue weighted by Crippen LogP contribution is 2.58. The highest BCUT2D eigenvalue weighted by Gasteiger charge is 2.57. The fraction of sp³-hybridized carbons (Fsp3) is 0.268. The van der Waals surface area contributed by atoms with Crippen LogP contribution in [0.15, 0.2) is 96.8 Å². The molecule has 2 aliphatic carbocycles. The van der Waals surface area contributed by atoms with E-state index >= 15 is 0 Å². The highest BCUT2D eigenvalue weighted by molar-refractivity contribution is 6.01. The molecule has 248 valence electrons. The maximum atomic E-state index is 14.0. The molecule has 3 atom stereocenters. The molecule has 7 rings (SSSR count). The summed E-state index contributed by atoms with van der Waals surface area (Å²) in [6, 6.07) is 24.6. The van der Waals surface area contributed by atoms with Crippen molar-refractivity contribution in [3.05, 3.63) is 141 Å². The van der Waals surface area contributed by atoms with Crippen molar-refractivity contribution in [2.45, 2.75) is 51.5 Å². The zero-order valence-corrected chi connectivity index (χ0v) is 27.9. The number of ether oxygens (including phenoxy) is 3. The Labute approximate surface area is 285 Å². The summed E-state index contributed by atoms with van der Waals surface area (Å²) in [6.07, 6.45) is 2.98. The van der Waals surface area contributed by atoms with Crippen molar-refractivity contribution < 1.29 is 33.4 Å². The summed E-state index contributed by atoms with van der Waals surface area (Å²) in [5, 5.41) is 0. The molecule has 0 N–H and O–H groups in total. The largest absolute Gasteiger partial charge is 0.419 e. The summed E-state index contributed by atoms with van der Waals surface area (Å²) in [7, 11) is 2.05. The van der Waals surface area contributed by atoms with Crippen LogP contribution in [-0.4, -0.2) is 48.2 Å². The first kappa shape index (κ1) is 32.2. The number of likely N-dealkylation sites (tertiary alicyclic amines) is 1. The van der Waals surface area contributed by atoms with Crippen LogP contribution in [0.5, 0.6) is 11.5 Å². The lowest BCUT2D eigenvalue weighted by atomic mass is 9.53. The van der Waals surface area contributed by atoms with Crippen molar-refractivity contribution in [3.63, 3.8) is 0 Å². The molecule has 49 heavy (non-hydrogen) atoms. The number of carbonyl (C=O) groups excluding carboxylic acids is 4. The van der Waals surface area contributed by atoms with Gasteiger partial charge in [0.2, 0.25) is 0 Å². The van der Waals surface area contributed by atoms with Crippen molar-refractivity contribution in [1.82, 2.24) is 4.90 Å². The first-order chi connectivity index (χ1) is 23.5. The van der Waals surface area contributed by atoms with Gasteiger partial charge in [0, 0.05) is 29.4 Å². The Bertz CT molecular complexity index is 2010. The number of fused-ring (bicyclic) bond motifs is 1. The van der Waals surface area contributed by atoms with Gasteiger partial charge in [-0.25, -0.2) is 14.4 Å². The SMILES string of the molecule is Cc1ccc(C(=O)OC2=CC3C4Cc5ccc(OC(=O)c6ccc(C)cc6)c(OC(=O)c6ccc(C)cc6)c5C3(CCN4C)CC2=O)cc1. The van der Waals surface area contributed by atoms with Crippen LogP contribution in [0, 0.1) is 26.7 Å². The van der Waals surface area contributed by atoms with E-state index in [0.717, 1.165) is 22.3 Å². The van der Waals surface area contributed by atoms with Crippen molar-refractivity contribution in [1.29, 1.82) is 0 Å². The molecule has 1 heterocycles. The number of benzene rings is 4. The quantitative estimate of drug-likeness (QED) is 0.164. The second kappa shape index (κ2) is 12.6. The topological polar surface area (TPSA) is 99.2 Å². The minimum atomic E-state index is -0.795. The average Bonchev–Trinajstić information content (AvgIpc) is 3.08. The normalized spacial score (nSPS) is 21.1. The lowest BCUT2D eigenvalue weighted by Crippen LogP contribution is -2.60. The molecule has 0 amide bonds. The Morgan fingerprint density at radius 3 is 1.76 bits per heavy atom. The number of carbonyl (C=O) groups is 4. The van der Waals surface area contributed by atoms with E-state index < -0.39 is 23.3 Å². The van der Waals surface area contributed by atoms with E-state index in [1.165, 1.54) is 0 Å². The Kier molecular flexibility index (Phi) is 8.28. The van der Waals surface area contributed by atoms with Gasteiger partial charge in [-0.2, -0.15) is 0 Å². The lowest BCUT2D eigenvalue weighted by Gasteiger charge is -2.56. The van der Waals surface area contributed by atoms with Crippen LogP contribution >= 0.6 is 0 Å². The number of esters is 3. The summed E-state index contributed by atoms with van der Waals surface area (Å²) >= 11 is 0. The van der Waals surface area contributed by atoms with Gasteiger partial charge in [-0.1, -0.05) is 59.2 Å². The molecule has 1 aliphatic heterocycles. The Hall–Kier alpha value is -5.34. The van der Waals surface area contributed by atoms with Gasteiger partial charge in [0.1, 0.15) is 0 Å². The molecule has 8 nitrogen and oxygen atoms in total. The van der Waals surface area contributed by atoms with E-state index in [1.807, 2.05) is 63.2 Å². The second-order valence-corrected chi connectivity index (χ2v) is 13.5. The molecule has 1 fully saturated rings. The van der Waals surface area contributed by atoms with Gasteiger partial charge in [0.15, 0.2) is 23.0 Å². The fourth-order valence-corrected chi connectivity index (χ4v) is 7.48. The number of Topliss-reactive ketones (excluding diaryl/α,β-unsaturated/α-hetero) is 1. The predicted octanol–water partition coefficient (Wildman–Crippen LogP) is 6.88. The summed E-state index contributed by atoms with van der Waals surface area (Å²) in [4.78, 5) is 56.5. The molecule has 8 heteroatoms. The van der Waals surface area contributed by atoms with Gasteiger partial charge < -0.3 is 19.1 Å². The van der Waals surface area contributed by atoms with E-state index in [2.05, 4.69) is 11.9 Å². The molecule has 0 spiro atoms. The standard InChI is InChI=1S/C41H37NO7/c1-24-5-11-27(12-6-24)38(44)47-34-18-17-30-21-32-31-22-35(48-39(45)28-13-7-25(2)8-14-28)33(43)23-41(31,19-20-42(32)4)36(30)37(34)49-40(46)29-15-9-26(3)10-16-29/h5-18,22,31-32H,19-21,23H2,1-4H3. The Morgan fingerprint density at radius 1 is 0.694 bits per heavy atom. The molecule has 4 aromatic rings. The van der Waals surface area contributed by atoms with Crippen LogP contribution in [0.2, 0.25) is 0 Å². The van der Waals surface area contributed by atoms with E-state index in [1.54, 1.807) is 48.5 Å². The molecular formula is C41H37NO7. The molecule has 3 aliphatic rings. The van der Waals surface area contributed by atoms with Gasteiger partial charge in [-0.05, 0) is 101 Å². The van der Waals surface area contributed by atoms with E-state index in [9.17, 15) is 19.2 Å². The third-order valence-electron chi connectivity index (χ3n) is 10.2. The molecule has 4 aromatic carbocycles. The number of hydrogen-bond donors (Lipinski definition) is 0. The fourth-order valence-electron chi connectivity index (χ4n) is 7.48. The molecular weight excluding hydrogens is 618 g/mol. The number of ketones is 1. The van der Waals surface area contributed by atoms with Crippen LogP contribution in [0.25, 0.3) is 0 Å². The zero-order valence-electron chi connectivity index (χ0n) is 27.9. The van der Waals surface area contributed by atoms with Crippen LogP contribution in [0.4, 0.5) is 0 Å². The van der Waals surface area contributed by atoms with Crippen LogP contribution in [-0.2, 0) is 21.4 Å². The zero-order chi connectivity index (χ0) is 34.4. The summed E-state index contributed by atoms with van der Waals surface area (Å²) in [6.45, 7) is 6.49. The van der Waals surface area contributed by atoms with Crippen LogP contribution in [0.1, 0.15) is 71.7 Å². The average molecular weight is 656 g/mol. The van der Waals surface area contributed by atoms with E-state index in [4.69, 9.17) is 14.2 Å². The number of nitrogens with zero attached hydrogens (tertiary/aromatic N) is 1. The highest BCUT2D eigenvalue weighted by atomic mass is 16.6. The van der Waals surface area contributed by atoms with Gasteiger partial charge >= 0.3 is 17.9 Å². The van der Waals surface area contributed by atoms with Gasteiger partial charge in [-0.3, -0.25) is 4.79 Å². The third-order valence-corrected chi connectivity index (χ3v) is 10.2. The summed E-state index contributed by atoms with van der Waals surface area (Å²) in [5.41, 5.74) is 4.85. The third kappa shape index (κ3) is 5.97. The number of allylic oxidation sites excluding steroid dienone is 1. The molecule has 2 bridgehead atoms. The molecule has 0 saturated carbocycles. The number of rotatable bonds is 6. The van der Waals surface area contributed by atoms with Crippen molar-refractivity contribution in [3.8, 4) is 11.5 Å². The minimum Gasteiger partial charge on any atom is -0.419 e. The summed E-state index contributed by atoms with van der Waals surface area (Å²) in [5.74, 6) is -2.10. The molecule has 3 unspecified atom stereocenters. The number of likely N-dealkylation sites (N-methyl/N-ethyl adjacent to an activating group) is 1. The Balaban J connectivity index is 1.33. The Morgan fingerprint density at radius 2 is 1.20 bits per heavy atom. The predicted molar refractivity (Wildman–Crippen MR) is 183 cm³/mol. The summed E-state index contributed by atoms with van der Waals surface area (Å²) < 4.78 is 18.0. The number of aryl methyl sites for hydroxylation is 3. The van der Waals surface area contributed by atoms with Crippen LogP contribution < -0.4 is 9.47 Å². The van der Waals surface area contributed by atoms with Crippen molar-refractivity contribution in [2.75, 3.05) is 13.6 Å². The van der Waals surface area contributed by atoms with Gasteiger partial charge in [0.25, 0.3) is 0 Å². The van der Waals surface area contributed by atoms with Crippen molar-refractivity contribution >= 4 is 23.7 Å².